The average Bonchev–Trinajstić information content (AvgIpc) is 2.43. The predicted octanol–water partition coefficient (Wildman–Crippen LogP) is 4.58. The maximum atomic E-state index is 13.7. The van der Waals surface area contributed by atoms with Gasteiger partial charge in [0.1, 0.15) is 5.82 Å². The van der Waals surface area contributed by atoms with E-state index in [2.05, 4.69) is 26.6 Å². The smallest absolute Gasteiger partial charge is 0.256 e. The van der Waals surface area contributed by atoms with Crippen LogP contribution >= 0.6 is 15.9 Å². The van der Waals surface area contributed by atoms with Gasteiger partial charge in [0.25, 0.3) is 5.91 Å². The van der Waals surface area contributed by atoms with E-state index in [1.807, 2.05) is 26.0 Å². The van der Waals surface area contributed by atoms with E-state index in [0.29, 0.717) is 10.0 Å². The van der Waals surface area contributed by atoms with Gasteiger partial charge in [0.15, 0.2) is 0 Å². The number of aryl methyl sites for hydroxylation is 1. The molecule has 0 bridgehead atoms. The van der Waals surface area contributed by atoms with Crippen LogP contribution < -0.4 is 10.6 Å². The molecule has 5 heteroatoms. The first-order chi connectivity index (χ1) is 10.0. The molecule has 0 fully saturated rings. The molecule has 0 aromatic heterocycles. The molecule has 0 unspecified atom stereocenters. The van der Waals surface area contributed by atoms with E-state index in [0.717, 1.165) is 17.8 Å². The Kier molecular flexibility index (Phi) is 4.96. The fourth-order valence-corrected chi connectivity index (χ4v) is 2.38. The lowest BCUT2D eigenvalue weighted by atomic mass is 10.1. The quantitative estimate of drug-likeness (QED) is 0.847. The third-order valence-electron chi connectivity index (χ3n) is 3.03. The molecule has 1 amide bonds. The molecule has 0 aliphatic carbocycles. The van der Waals surface area contributed by atoms with Gasteiger partial charge in [-0.3, -0.25) is 4.79 Å². The number of anilines is 2. The molecule has 21 heavy (non-hydrogen) atoms. The minimum Gasteiger partial charge on any atom is -0.385 e. The Morgan fingerprint density at radius 2 is 2.00 bits per heavy atom. The third kappa shape index (κ3) is 3.82. The predicted molar refractivity (Wildman–Crippen MR) is 87.4 cm³/mol. The van der Waals surface area contributed by atoms with E-state index >= 15 is 0 Å². The Morgan fingerprint density at radius 1 is 1.24 bits per heavy atom. The molecule has 0 saturated heterocycles. The minimum absolute atomic E-state index is 0.157. The summed E-state index contributed by atoms with van der Waals surface area (Å²) in [5.41, 5.74) is 2.47. The van der Waals surface area contributed by atoms with Crippen LogP contribution in [0, 0.1) is 12.7 Å². The van der Waals surface area contributed by atoms with Crippen LogP contribution in [0.3, 0.4) is 0 Å². The molecule has 0 aliphatic rings. The molecule has 0 atom stereocenters. The Morgan fingerprint density at radius 3 is 2.67 bits per heavy atom. The van der Waals surface area contributed by atoms with Gasteiger partial charge in [0.2, 0.25) is 0 Å². The van der Waals surface area contributed by atoms with Crippen LogP contribution in [-0.2, 0) is 0 Å². The third-order valence-corrected chi connectivity index (χ3v) is 3.52. The standard InChI is InChI=1S/C16H16BrFN2O/c1-3-19-12-5-6-13(10(2)8-12)16(21)20-15-9-11(17)4-7-14(15)18/h4-9,19H,3H2,1-2H3,(H,20,21). The van der Waals surface area contributed by atoms with Crippen molar-refractivity contribution in [3.05, 3.63) is 57.8 Å². The summed E-state index contributed by atoms with van der Waals surface area (Å²) in [5.74, 6) is -0.791. The SMILES string of the molecule is CCNc1ccc(C(=O)Nc2cc(Br)ccc2F)c(C)c1. The lowest BCUT2D eigenvalue weighted by Gasteiger charge is -2.11. The maximum absolute atomic E-state index is 13.7. The van der Waals surface area contributed by atoms with Crippen LogP contribution in [0.1, 0.15) is 22.8 Å². The largest absolute Gasteiger partial charge is 0.385 e. The molecule has 3 nitrogen and oxygen atoms in total. The lowest BCUT2D eigenvalue weighted by molar-refractivity contribution is 0.102. The highest BCUT2D eigenvalue weighted by molar-refractivity contribution is 9.10. The second-order valence-electron chi connectivity index (χ2n) is 4.64. The van der Waals surface area contributed by atoms with Crippen molar-refractivity contribution in [2.45, 2.75) is 13.8 Å². The van der Waals surface area contributed by atoms with Gasteiger partial charge in [-0.1, -0.05) is 15.9 Å². The second-order valence-corrected chi connectivity index (χ2v) is 5.55. The van der Waals surface area contributed by atoms with Crippen molar-refractivity contribution in [1.29, 1.82) is 0 Å². The summed E-state index contributed by atoms with van der Waals surface area (Å²) in [4.78, 5) is 12.3. The van der Waals surface area contributed by atoms with Crippen LogP contribution in [0.5, 0.6) is 0 Å². The summed E-state index contributed by atoms with van der Waals surface area (Å²) >= 11 is 3.26. The topological polar surface area (TPSA) is 41.1 Å². The zero-order chi connectivity index (χ0) is 15.4. The molecule has 110 valence electrons. The zero-order valence-corrected chi connectivity index (χ0v) is 13.4. The molecule has 2 N–H and O–H groups in total. The van der Waals surface area contributed by atoms with Crippen molar-refractivity contribution in [3.8, 4) is 0 Å². The van der Waals surface area contributed by atoms with Gasteiger partial charge in [0.05, 0.1) is 5.69 Å². The summed E-state index contributed by atoms with van der Waals surface area (Å²) < 4.78 is 14.4. The normalized spacial score (nSPS) is 10.3. The number of amides is 1. The average molecular weight is 351 g/mol. The fourth-order valence-electron chi connectivity index (χ4n) is 2.02. The molecular formula is C16H16BrFN2O. The van der Waals surface area contributed by atoms with Crippen molar-refractivity contribution in [2.24, 2.45) is 0 Å². The monoisotopic (exact) mass is 350 g/mol. The van der Waals surface area contributed by atoms with Crippen molar-refractivity contribution in [3.63, 3.8) is 0 Å². The molecule has 0 spiro atoms. The summed E-state index contributed by atoms with van der Waals surface area (Å²) in [6.07, 6.45) is 0. The van der Waals surface area contributed by atoms with Crippen LogP contribution in [0.15, 0.2) is 40.9 Å². The first kappa shape index (κ1) is 15.5. The zero-order valence-electron chi connectivity index (χ0n) is 11.8. The number of carbonyl (C=O) groups excluding carboxylic acids is 1. The van der Waals surface area contributed by atoms with Gasteiger partial charge >= 0.3 is 0 Å². The van der Waals surface area contributed by atoms with E-state index in [-0.39, 0.29) is 11.6 Å². The van der Waals surface area contributed by atoms with Crippen LogP contribution in [0.25, 0.3) is 0 Å². The molecule has 0 aliphatic heterocycles. The van der Waals surface area contributed by atoms with E-state index in [4.69, 9.17) is 0 Å². The van der Waals surface area contributed by atoms with Gasteiger partial charge in [-0.15, -0.1) is 0 Å². The molecule has 0 saturated carbocycles. The number of halogens is 2. The van der Waals surface area contributed by atoms with E-state index in [1.165, 1.54) is 12.1 Å². The van der Waals surface area contributed by atoms with E-state index < -0.39 is 5.82 Å². The first-order valence-electron chi connectivity index (χ1n) is 6.62. The second kappa shape index (κ2) is 6.72. The van der Waals surface area contributed by atoms with Crippen LogP contribution in [0.4, 0.5) is 15.8 Å². The fraction of sp³-hybridized carbons (Fsp3) is 0.188. The van der Waals surface area contributed by atoms with Crippen LogP contribution in [0.2, 0.25) is 0 Å². The van der Waals surface area contributed by atoms with Crippen LogP contribution in [-0.4, -0.2) is 12.5 Å². The lowest BCUT2D eigenvalue weighted by Crippen LogP contribution is -2.14. The van der Waals surface area contributed by atoms with Gasteiger partial charge < -0.3 is 10.6 Å². The number of benzene rings is 2. The molecule has 2 rings (SSSR count). The van der Waals surface area contributed by atoms with Crippen molar-refractivity contribution >= 4 is 33.2 Å². The highest BCUT2D eigenvalue weighted by Crippen LogP contribution is 2.22. The van der Waals surface area contributed by atoms with Crippen molar-refractivity contribution in [1.82, 2.24) is 0 Å². The Bertz CT molecular complexity index is 673. The molecule has 0 heterocycles. The van der Waals surface area contributed by atoms with Gasteiger partial charge in [-0.25, -0.2) is 4.39 Å². The van der Waals surface area contributed by atoms with Gasteiger partial charge in [-0.05, 0) is 55.8 Å². The molecule has 2 aromatic rings. The number of carbonyl (C=O) groups is 1. The number of rotatable bonds is 4. The Labute approximate surface area is 131 Å². The summed E-state index contributed by atoms with van der Waals surface area (Å²) in [6.45, 7) is 4.67. The van der Waals surface area contributed by atoms with Crippen molar-refractivity contribution in [2.75, 3.05) is 17.2 Å². The van der Waals surface area contributed by atoms with E-state index in [1.54, 1.807) is 12.1 Å². The highest BCUT2D eigenvalue weighted by atomic mass is 79.9. The number of hydrogen-bond donors (Lipinski definition) is 2. The van der Waals surface area contributed by atoms with Gasteiger partial charge in [0, 0.05) is 22.3 Å². The molecule has 2 aromatic carbocycles. The highest BCUT2D eigenvalue weighted by Gasteiger charge is 2.12. The summed E-state index contributed by atoms with van der Waals surface area (Å²) in [6, 6.07) is 9.90. The summed E-state index contributed by atoms with van der Waals surface area (Å²) in [5, 5.41) is 5.78. The first-order valence-corrected chi connectivity index (χ1v) is 7.41. The van der Waals surface area contributed by atoms with E-state index in [9.17, 15) is 9.18 Å². The maximum Gasteiger partial charge on any atom is 0.256 e. The molecule has 0 radical (unpaired) electrons. The number of nitrogens with one attached hydrogen (secondary N) is 2. The molecular weight excluding hydrogens is 335 g/mol. The minimum atomic E-state index is -0.464. The van der Waals surface area contributed by atoms with Gasteiger partial charge in [-0.2, -0.15) is 0 Å². The Balaban J connectivity index is 2.22. The van der Waals surface area contributed by atoms with Crippen molar-refractivity contribution < 1.29 is 9.18 Å². The number of hydrogen-bond acceptors (Lipinski definition) is 2. The Hall–Kier alpha value is -1.88. The summed E-state index contributed by atoms with van der Waals surface area (Å²) in [7, 11) is 0.